The molecule has 2 rings (SSSR count). The number of nitrogens with two attached hydrogens (primary N) is 1. The lowest BCUT2D eigenvalue weighted by atomic mass is 10.1. The van der Waals surface area contributed by atoms with Crippen molar-refractivity contribution < 1.29 is 4.74 Å². The highest BCUT2D eigenvalue weighted by Gasteiger charge is 1.97. The van der Waals surface area contributed by atoms with Gasteiger partial charge in [0.15, 0.2) is 5.96 Å². The van der Waals surface area contributed by atoms with E-state index in [-0.39, 0.29) is 24.0 Å². The first-order chi connectivity index (χ1) is 10.7. The summed E-state index contributed by atoms with van der Waals surface area (Å²) in [7, 11) is 1.66. The van der Waals surface area contributed by atoms with E-state index in [4.69, 9.17) is 22.1 Å². The van der Waals surface area contributed by atoms with Crippen LogP contribution in [0.3, 0.4) is 0 Å². The van der Waals surface area contributed by atoms with Crippen molar-refractivity contribution in [2.75, 3.05) is 13.7 Å². The lowest BCUT2D eigenvalue weighted by molar-refractivity contribution is 0.414. The smallest absolute Gasteiger partial charge is 0.188 e. The number of nitrogens with zero attached hydrogens (tertiary/aromatic N) is 2. The Hall–Kier alpha value is -1.54. The van der Waals surface area contributed by atoms with E-state index in [9.17, 15) is 0 Å². The van der Waals surface area contributed by atoms with E-state index in [1.54, 1.807) is 19.4 Å². The van der Waals surface area contributed by atoms with E-state index < -0.39 is 0 Å². The van der Waals surface area contributed by atoms with Crippen LogP contribution in [-0.4, -0.2) is 24.6 Å². The summed E-state index contributed by atoms with van der Waals surface area (Å²) in [6.07, 6.45) is 2.46. The molecule has 7 heteroatoms. The van der Waals surface area contributed by atoms with Crippen LogP contribution in [0.2, 0.25) is 5.02 Å². The lowest BCUT2D eigenvalue weighted by Crippen LogP contribution is -2.33. The van der Waals surface area contributed by atoms with Gasteiger partial charge in [-0.3, -0.25) is 4.98 Å². The van der Waals surface area contributed by atoms with Gasteiger partial charge in [0.25, 0.3) is 0 Å². The molecular weight excluding hydrogens is 427 g/mol. The Morgan fingerprint density at radius 1 is 1.26 bits per heavy atom. The number of hydrogen-bond acceptors (Lipinski definition) is 3. The van der Waals surface area contributed by atoms with E-state index in [2.05, 4.69) is 15.3 Å². The molecule has 3 N–H and O–H groups in total. The van der Waals surface area contributed by atoms with E-state index in [1.165, 1.54) is 5.56 Å². The van der Waals surface area contributed by atoms with Crippen molar-refractivity contribution in [2.24, 2.45) is 10.7 Å². The maximum atomic E-state index is 5.83. The molecule has 0 aliphatic carbocycles. The molecule has 1 heterocycles. The minimum absolute atomic E-state index is 0. The standard InChI is InChI=1S/C16H19ClN4O.HI/c1-22-15-6-2-12(3-7-15)8-9-19-16(18)21-11-14-5-4-13(17)10-20-14;/h2-7,10H,8-9,11H2,1H3,(H3,18,19,21);1H. The topological polar surface area (TPSA) is 72.5 Å². The fraction of sp³-hybridized carbons (Fsp3) is 0.250. The van der Waals surface area contributed by atoms with Crippen LogP contribution >= 0.6 is 35.6 Å². The van der Waals surface area contributed by atoms with Gasteiger partial charge < -0.3 is 15.8 Å². The number of ether oxygens (including phenoxy) is 1. The van der Waals surface area contributed by atoms with Gasteiger partial charge in [-0.2, -0.15) is 0 Å². The summed E-state index contributed by atoms with van der Waals surface area (Å²) in [5.74, 6) is 1.26. The lowest BCUT2D eigenvalue weighted by Gasteiger charge is -2.06. The van der Waals surface area contributed by atoms with Crippen molar-refractivity contribution in [1.29, 1.82) is 0 Å². The fourth-order valence-electron chi connectivity index (χ4n) is 1.85. The Morgan fingerprint density at radius 2 is 2.00 bits per heavy atom. The SMILES string of the molecule is COc1ccc(CCNC(N)=NCc2ccc(Cl)cn2)cc1.I. The van der Waals surface area contributed by atoms with Crippen molar-refractivity contribution >= 4 is 41.5 Å². The van der Waals surface area contributed by atoms with Crippen LogP contribution in [-0.2, 0) is 13.0 Å². The van der Waals surface area contributed by atoms with Crippen molar-refractivity contribution in [3.8, 4) is 5.75 Å². The van der Waals surface area contributed by atoms with Gasteiger partial charge in [-0.25, -0.2) is 4.99 Å². The first-order valence-corrected chi connectivity index (χ1v) is 7.32. The largest absolute Gasteiger partial charge is 0.497 e. The van der Waals surface area contributed by atoms with Crippen molar-refractivity contribution in [1.82, 2.24) is 10.3 Å². The Morgan fingerprint density at radius 3 is 2.61 bits per heavy atom. The van der Waals surface area contributed by atoms with Crippen LogP contribution in [0.15, 0.2) is 47.6 Å². The molecule has 0 atom stereocenters. The normalized spacial score (nSPS) is 10.8. The summed E-state index contributed by atoms with van der Waals surface area (Å²) >= 11 is 5.78. The molecule has 0 aliphatic rings. The van der Waals surface area contributed by atoms with Crippen molar-refractivity contribution in [3.63, 3.8) is 0 Å². The number of methoxy groups -OCH3 is 1. The van der Waals surface area contributed by atoms with Crippen LogP contribution in [0.5, 0.6) is 5.75 Å². The van der Waals surface area contributed by atoms with Gasteiger partial charge in [0, 0.05) is 12.7 Å². The summed E-state index contributed by atoms with van der Waals surface area (Å²) < 4.78 is 5.12. The molecule has 0 saturated heterocycles. The molecule has 0 bridgehead atoms. The quantitative estimate of drug-likeness (QED) is 0.406. The third-order valence-corrected chi connectivity index (χ3v) is 3.30. The molecule has 23 heavy (non-hydrogen) atoms. The molecule has 0 radical (unpaired) electrons. The third-order valence-electron chi connectivity index (χ3n) is 3.08. The summed E-state index contributed by atoms with van der Waals surface area (Å²) in [6.45, 7) is 1.15. The summed E-state index contributed by atoms with van der Waals surface area (Å²) in [5, 5.41) is 3.69. The summed E-state index contributed by atoms with van der Waals surface area (Å²) in [6, 6.07) is 11.6. The third kappa shape index (κ3) is 7.04. The number of pyridine rings is 1. The molecule has 0 unspecified atom stereocenters. The highest BCUT2D eigenvalue weighted by atomic mass is 127. The second-order valence-corrected chi connectivity index (χ2v) is 5.13. The fourth-order valence-corrected chi connectivity index (χ4v) is 1.96. The van der Waals surface area contributed by atoms with E-state index in [1.807, 2.05) is 30.3 Å². The minimum Gasteiger partial charge on any atom is -0.497 e. The zero-order chi connectivity index (χ0) is 15.8. The number of guanidine groups is 1. The highest BCUT2D eigenvalue weighted by molar-refractivity contribution is 14.0. The maximum absolute atomic E-state index is 5.83. The number of halogens is 2. The molecule has 0 amide bonds. The molecular formula is C16H20ClIN4O. The molecule has 5 nitrogen and oxygen atoms in total. The molecule has 0 aliphatic heterocycles. The molecule has 0 fully saturated rings. The maximum Gasteiger partial charge on any atom is 0.188 e. The van der Waals surface area contributed by atoms with Gasteiger partial charge in [-0.1, -0.05) is 23.7 Å². The van der Waals surface area contributed by atoms with Gasteiger partial charge in [0.05, 0.1) is 24.4 Å². The molecule has 124 valence electrons. The Labute approximate surface area is 158 Å². The van der Waals surface area contributed by atoms with Gasteiger partial charge in [-0.15, -0.1) is 24.0 Å². The summed E-state index contributed by atoms with van der Waals surface area (Å²) in [5.41, 5.74) is 7.86. The molecule has 1 aromatic heterocycles. The molecule has 0 saturated carbocycles. The zero-order valence-corrected chi connectivity index (χ0v) is 15.9. The van der Waals surface area contributed by atoms with Gasteiger partial charge in [0.2, 0.25) is 0 Å². The minimum atomic E-state index is 0. The monoisotopic (exact) mass is 446 g/mol. The number of benzene rings is 1. The van der Waals surface area contributed by atoms with Crippen molar-refractivity contribution in [3.05, 3.63) is 58.9 Å². The Kier molecular flexibility index (Phi) is 8.71. The van der Waals surface area contributed by atoms with E-state index in [0.717, 1.165) is 24.4 Å². The first-order valence-electron chi connectivity index (χ1n) is 6.94. The molecule has 2 aromatic rings. The van der Waals surface area contributed by atoms with Crippen LogP contribution in [0.4, 0.5) is 0 Å². The molecule has 0 spiro atoms. The second-order valence-electron chi connectivity index (χ2n) is 4.69. The average Bonchev–Trinajstić information content (AvgIpc) is 2.55. The average molecular weight is 447 g/mol. The van der Waals surface area contributed by atoms with Gasteiger partial charge in [0.1, 0.15) is 5.75 Å². The predicted molar refractivity (Wildman–Crippen MR) is 105 cm³/mol. The van der Waals surface area contributed by atoms with Gasteiger partial charge in [-0.05, 0) is 36.2 Å². The molecule has 1 aromatic carbocycles. The number of rotatable bonds is 6. The number of aromatic nitrogens is 1. The Balaban J connectivity index is 0.00000264. The zero-order valence-electron chi connectivity index (χ0n) is 12.8. The predicted octanol–water partition coefficient (Wildman–Crippen LogP) is 3.01. The Bertz CT molecular complexity index is 617. The van der Waals surface area contributed by atoms with E-state index in [0.29, 0.717) is 17.5 Å². The van der Waals surface area contributed by atoms with Crippen molar-refractivity contribution in [2.45, 2.75) is 13.0 Å². The van der Waals surface area contributed by atoms with Crippen LogP contribution in [0, 0.1) is 0 Å². The summed E-state index contributed by atoms with van der Waals surface area (Å²) in [4.78, 5) is 8.40. The van der Waals surface area contributed by atoms with Gasteiger partial charge >= 0.3 is 0 Å². The first kappa shape index (κ1) is 19.5. The number of hydrogen-bond donors (Lipinski definition) is 2. The van der Waals surface area contributed by atoms with Crippen LogP contribution < -0.4 is 15.8 Å². The number of nitrogens with one attached hydrogen (secondary N) is 1. The second kappa shape index (κ2) is 10.3. The van der Waals surface area contributed by atoms with Crippen LogP contribution in [0.25, 0.3) is 0 Å². The number of aliphatic imine (C=N–C) groups is 1. The van der Waals surface area contributed by atoms with Crippen LogP contribution in [0.1, 0.15) is 11.3 Å². The van der Waals surface area contributed by atoms with E-state index >= 15 is 0 Å². The highest BCUT2D eigenvalue weighted by Crippen LogP contribution is 2.11.